The summed E-state index contributed by atoms with van der Waals surface area (Å²) >= 11 is 0. The molecule has 0 radical (unpaired) electrons. The van der Waals surface area contributed by atoms with E-state index in [9.17, 15) is 14.9 Å². The summed E-state index contributed by atoms with van der Waals surface area (Å²) in [5, 5.41) is 10.9. The summed E-state index contributed by atoms with van der Waals surface area (Å²) in [6.07, 6.45) is 2.80. The minimum absolute atomic E-state index is 0.0155. The third kappa shape index (κ3) is 2.08. The van der Waals surface area contributed by atoms with Gasteiger partial charge >= 0.3 is 0 Å². The molecule has 0 aliphatic rings. The number of nitro benzene ring substituents is 1. The number of hydrogen-bond donors (Lipinski definition) is 1. The Balaban J connectivity index is 2.26. The van der Waals surface area contributed by atoms with E-state index in [4.69, 9.17) is 5.73 Å². The van der Waals surface area contributed by atoms with Crippen LogP contribution in [-0.4, -0.2) is 19.5 Å². The van der Waals surface area contributed by atoms with Gasteiger partial charge in [-0.25, -0.2) is 9.97 Å². The molecule has 0 atom stereocenters. The molecule has 2 N–H and O–H groups in total. The highest BCUT2D eigenvalue weighted by Gasteiger charge is 2.11. The standard InChI is InChI=1S/C13H9N5O3/c14-12-11-10(19)5-6-17(13(11)16-7-15-12)8-1-3-9(4-2-8)18(20)21/h1-7H,(H2,14,15,16). The van der Waals surface area contributed by atoms with Gasteiger partial charge in [0.25, 0.3) is 5.69 Å². The zero-order chi connectivity index (χ0) is 15.0. The monoisotopic (exact) mass is 283 g/mol. The molecule has 2 aromatic heterocycles. The Morgan fingerprint density at radius 1 is 1.14 bits per heavy atom. The summed E-state index contributed by atoms with van der Waals surface area (Å²) in [5.74, 6) is 0.0984. The number of fused-ring (bicyclic) bond motifs is 1. The fourth-order valence-electron chi connectivity index (χ4n) is 2.05. The maximum atomic E-state index is 11.9. The Bertz CT molecular complexity index is 902. The van der Waals surface area contributed by atoms with Gasteiger partial charge in [0.1, 0.15) is 17.5 Å². The predicted molar refractivity (Wildman–Crippen MR) is 76.2 cm³/mol. The molecule has 0 amide bonds. The smallest absolute Gasteiger partial charge is 0.269 e. The van der Waals surface area contributed by atoms with Crippen LogP contribution in [0, 0.1) is 10.1 Å². The van der Waals surface area contributed by atoms with Crippen LogP contribution in [0.1, 0.15) is 0 Å². The van der Waals surface area contributed by atoms with Crippen LogP contribution in [0.25, 0.3) is 16.7 Å². The third-order valence-electron chi connectivity index (χ3n) is 3.04. The quantitative estimate of drug-likeness (QED) is 0.559. The van der Waals surface area contributed by atoms with Crippen molar-refractivity contribution >= 4 is 22.5 Å². The number of rotatable bonds is 2. The lowest BCUT2D eigenvalue weighted by molar-refractivity contribution is -0.384. The predicted octanol–water partition coefficient (Wildman–Crippen LogP) is 1.27. The van der Waals surface area contributed by atoms with Crippen molar-refractivity contribution in [1.29, 1.82) is 0 Å². The van der Waals surface area contributed by atoms with E-state index < -0.39 is 4.92 Å². The van der Waals surface area contributed by atoms with E-state index in [0.29, 0.717) is 11.3 Å². The molecule has 0 aliphatic carbocycles. The van der Waals surface area contributed by atoms with Crippen LogP contribution in [0.4, 0.5) is 11.5 Å². The zero-order valence-corrected chi connectivity index (χ0v) is 10.6. The maximum Gasteiger partial charge on any atom is 0.269 e. The molecule has 3 rings (SSSR count). The van der Waals surface area contributed by atoms with Crippen LogP contribution in [0.2, 0.25) is 0 Å². The van der Waals surface area contributed by atoms with Crippen molar-refractivity contribution in [2.45, 2.75) is 0 Å². The van der Waals surface area contributed by atoms with E-state index in [0.717, 1.165) is 0 Å². The number of nitrogens with zero attached hydrogens (tertiary/aromatic N) is 4. The Morgan fingerprint density at radius 3 is 2.52 bits per heavy atom. The van der Waals surface area contributed by atoms with Crippen molar-refractivity contribution < 1.29 is 4.92 Å². The van der Waals surface area contributed by atoms with Gasteiger partial charge in [-0.2, -0.15) is 0 Å². The van der Waals surface area contributed by atoms with Gasteiger partial charge in [-0.05, 0) is 12.1 Å². The summed E-state index contributed by atoms with van der Waals surface area (Å²) in [7, 11) is 0. The van der Waals surface area contributed by atoms with Gasteiger partial charge in [0.15, 0.2) is 11.1 Å². The Labute approximate surface area is 117 Å². The van der Waals surface area contributed by atoms with E-state index in [1.807, 2.05) is 0 Å². The minimum Gasteiger partial charge on any atom is -0.383 e. The van der Waals surface area contributed by atoms with E-state index >= 15 is 0 Å². The molecule has 1 aromatic carbocycles. The van der Waals surface area contributed by atoms with Crippen molar-refractivity contribution in [2.75, 3.05) is 5.73 Å². The molecule has 0 aliphatic heterocycles. The second kappa shape index (κ2) is 4.67. The summed E-state index contributed by atoms with van der Waals surface area (Å²) in [5.41, 5.74) is 6.40. The molecule has 0 saturated heterocycles. The first-order chi connectivity index (χ1) is 10.1. The lowest BCUT2D eigenvalue weighted by Gasteiger charge is -2.10. The highest BCUT2D eigenvalue weighted by atomic mass is 16.6. The highest BCUT2D eigenvalue weighted by molar-refractivity contribution is 5.85. The van der Waals surface area contributed by atoms with Gasteiger partial charge < -0.3 is 10.3 Å². The highest BCUT2D eigenvalue weighted by Crippen LogP contribution is 2.19. The van der Waals surface area contributed by atoms with Crippen molar-refractivity contribution in [1.82, 2.24) is 14.5 Å². The summed E-state index contributed by atoms with van der Waals surface area (Å²) in [6.45, 7) is 0. The molecule has 21 heavy (non-hydrogen) atoms. The second-order valence-corrected chi connectivity index (χ2v) is 4.28. The van der Waals surface area contributed by atoms with Crippen LogP contribution >= 0.6 is 0 Å². The van der Waals surface area contributed by atoms with Gasteiger partial charge in [-0.3, -0.25) is 14.9 Å². The molecule has 2 heterocycles. The molecule has 0 fully saturated rings. The van der Waals surface area contributed by atoms with Gasteiger partial charge in [-0.15, -0.1) is 0 Å². The minimum atomic E-state index is -0.479. The van der Waals surface area contributed by atoms with E-state index in [-0.39, 0.29) is 22.3 Å². The van der Waals surface area contributed by atoms with E-state index in [1.54, 1.807) is 16.7 Å². The second-order valence-electron chi connectivity index (χ2n) is 4.28. The first kappa shape index (κ1) is 12.7. The summed E-state index contributed by atoms with van der Waals surface area (Å²) < 4.78 is 1.62. The molecule has 104 valence electrons. The van der Waals surface area contributed by atoms with E-state index in [2.05, 4.69) is 9.97 Å². The molecule has 0 bridgehead atoms. The molecule has 0 spiro atoms. The number of nitro groups is 1. The molecule has 3 aromatic rings. The number of anilines is 1. The number of non-ortho nitro benzene ring substituents is 1. The van der Waals surface area contributed by atoms with Crippen molar-refractivity contribution in [2.24, 2.45) is 0 Å². The zero-order valence-electron chi connectivity index (χ0n) is 10.6. The maximum absolute atomic E-state index is 11.9. The average molecular weight is 283 g/mol. The number of nitrogen functional groups attached to an aromatic ring is 1. The summed E-state index contributed by atoms with van der Waals surface area (Å²) in [6, 6.07) is 7.25. The van der Waals surface area contributed by atoms with Crippen molar-refractivity contribution in [3.05, 3.63) is 63.2 Å². The molecule has 8 heteroatoms. The third-order valence-corrected chi connectivity index (χ3v) is 3.04. The largest absolute Gasteiger partial charge is 0.383 e. The number of aromatic nitrogens is 3. The van der Waals surface area contributed by atoms with Crippen LogP contribution in [0.5, 0.6) is 0 Å². The van der Waals surface area contributed by atoms with Gasteiger partial charge in [0.05, 0.1) is 4.92 Å². The van der Waals surface area contributed by atoms with Gasteiger partial charge in [-0.1, -0.05) is 0 Å². The fourth-order valence-corrected chi connectivity index (χ4v) is 2.05. The fraction of sp³-hybridized carbons (Fsp3) is 0. The Morgan fingerprint density at radius 2 is 1.86 bits per heavy atom. The molecule has 0 saturated carbocycles. The molecule has 8 nitrogen and oxygen atoms in total. The van der Waals surface area contributed by atoms with Crippen molar-refractivity contribution in [3.63, 3.8) is 0 Å². The lowest BCUT2D eigenvalue weighted by atomic mass is 10.2. The SMILES string of the molecule is Nc1ncnc2c1c(=O)ccn2-c1ccc([N+](=O)[O-])cc1. The first-order valence-electron chi connectivity index (χ1n) is 5.94. The number of nitrogens with two attached hydrogens (primary N) is 1. The van der Waals surface area contributed by atoms with E-state index in [1.165, 1.54) is 30.7 Å². The molecular weight excluding hydrogens is 274 g/mol. The first-order valence-corrected chi connectivity index (χ1v) is 5.94. The number of benzene rings is 1. The lowest BCUT2D eigenvalue weighted by Crippen LogP contribution is -2.11. The van der Waals surface area contributed by atoms with Crippen LogP contribution < -0.4 is 11.2 Å². The number of pyridine rings is 1. The van der Waals surface area contributed by atoms with Crippen molar-refractivity contribution in [3.8, 4) is 5.69 Å². The van der Waals surface area contributed by atoms with Gasteiger partial charge in [0.2, 0.25) is 0 Å². The van der Waals surface area contributed by atoms with Crippen LogP contribution in [0.15, 0.2) is 47.7 Å². The topological polar surface area (TPSA) is 117 Å². The van der Waals surface area contributed by atoms with Gasteiger partial charge in [0, 0.05) is 30.1 Å². The molecular formula is C13H9N5O3. The summed E-state index contributed by atoms with van der Waals surface area (Å²) in [4.78, 5) is 29.9. The Hall–Kier alpha value is -3.29. The average Bonchev–Trinajstić information content (AvgIpc) is 2.48. The van der Waals surface area contributed by atoms with Crippen LogP contribution in [0.3, 0.4) is 0 Å². The molecule has 0 unspecified atom stereocenters. The normalized spacial score (nSPS) is 10.7. The Kier molecular flexibility index (Phi) is 2.83. The van der Waals surface area contributed by atoms with Crippen LogP contribution in [-0.2, 0) is 0 Å². The number of hydrogen-bond acceptors (Lipinski definition) is 6.